The quantitative estimate of drug-likeness (QED) is 0.635. The first kappa shape index (κ1) is 19.9. The van der Waals surface area contributed by atoms with Crippen molar-refractivity contribution in [1.29, 1.82) is 0 Å². The highest BCUT2D eigenvalue weighted by atomic mass is 16.2. The number of ketones is 1. The molecule has 146 valence electrons. The Morgan fingerprint density at radius 2 is 1.24 bits per heavy atom. The van der Waals surface area contributed by atoms with Crippen molar-refractivity contribution in [2.45, 2.75) is 20.8 Å². The Morgan fingerprint density at radius 1 is 0.690 bits per heavy atom. The van der Waals surface area contributed by atoms with Crippen LogP contribution in [0, 0.1) is 13.8 Å². The highest BCUT2D eigenvalue weighted by molar-refractivity contribution is 6.08. The SMILES string of the molecule is CC(=O)c1ccc(NC(=O)c2cncc(C(=O)Nc3ccc(C)c(C)c3)c2)cc1. The summed E-state index contributed by atoms with van der Waals surface area (Å²) in [7, 11) is 0. The average Bonchev–Trinajstić information content (AvgIpc) is 2.71. The summed E-state index contributed by atoms with van der Waals surface area (Å²) in [5, 5.41) is 5.55. The van der Waals surface area contributed by atoms with E-state index in [4.69, 9.17) is 0 Å². The van der Waals surface area contributed by atoms with Crippen molar-refractivity contribution in [3.8, 4) is 0 Å². The molecule has 0 spiro atoms. The van der Waals surface area contributed by atoms with Gasteiger partial charge in [-0.05, 0) is 74.4 Å². The summed E-state index contributed by atoms with van der Waals surface area (Å²) in [5.74, 6) is -0.787. The predicted molar refractivity (Wildman–Crippen MR) is 113 cm³/mol. The maximum Gasteiger partial charge on any atom is 0.257 e. The van der Waals surface area contributed by atoms with Gasteiger partial charge in [0.1, 0.15) is 0 Å². The van der Waals surface area contributed by atoms with E-state index in [2.05, 4.69) is 15.6 Å². The van der Waals surface area contributed by atoms with Crippen molar-refractivity contribution in [3.63, 3.8) is 0 Å². The van der Waals surface area contributed by atoms with Crippen molar-refractivity contribution < 1.29 is 14.4 Å². The van der Waals surface area contributed by atoms with Gasteiger partial charge >= 0.3 is 0 Å². The minimum Gasteiger partial charge on any atom is -0.322 e. The third kappa shape index (κ3) is 4.93. The first-order valence-electron chi connectivity index (χ1n) is 9.09. The second kappa shape index (κ2) is 8.48. The van der Waals surface area contributed by atoms with E-state index in [1.54, 1.807) is 24.3 Å². The van der Waals surface area contributed by atoms with E-state index in [1.807, 2.05) is 32.0 Å². The van der Waals surface area contributed by atoms with Crippen LogP contribution in [0.2, 0.25) is 0 Å². The third-order valence-corrected chi connectivity index (χ3v) is 4.58. The lowest BCUT2D eigenvalue weighted by atomic mass is 10.1. The third-order valence-electron chi connectivity index (χ3n) is 4.58. The maximum absolute atomic E-state index is 12.5. The molecule has 29 heavy (non-hydrogen) atoms. The minimum atomic E-state index is -0.395. The number of carbonyl (C=O) groups excluding carboxylic acids is 3. The van der Waals surface area contributed by atoms with E-state index in [1.165, 1.54) is 25.4 Å². The molecule has 0 atom stereocenters. The maximum atomic E-state index is 12.5. The van der Waals surface area contributed by atoms with Gasteiger partial charge in [-0.25, -0.2) is 0 Å². The summed E-state index contributed by atoms with van der Waals surface area (Å²) in [6.07, 6.45) is 2.81. The fourth-order valence-corrected chi connectivity index (χ4v) is 2.70. The number of carbonyl (C=O) groups is 3. The molecular formula is C23H21N3O3. The van der Waals surface area contributed by atoms with Crippen LogP contribution in [0.15, 0.2) is 60.9 Å². The number of aryl methyl sites for hydroxylation is 2. The van der Waals surface area contributed by atoms with Gasteiger partial charge in [-0.3, -0.25) is 19.4 Å². The number of amides is 2. The Hall–Kier alpha value is -3.80. The van der Waals surface area contributed by atoms with Crippen molar-refractivity contribution in [1.82, 2.24) is 4.98 Å². The zero-order chi connectivity index (χ0) is 21.0. The molecule has 2 N–H and O–H groups in total. The van der Waals surface area contributed by atoms with Gasteiger partial charge in [-0.1, -0.05) is 6.07 Å². The molecule has 0 saturated heterocycles. The summed E-state index contributed by atoms with van der Waals surface area (Å²) < 4.78 is 0. The van der Waals surface area contributed by atoms with Crippen molar-refractivity contribution in [2.75, 3.05) is 10.6 Å². The zero-order valence-electron chi connectivity index (χ0n) is 16.4. The fourth-order valence-electron chi connectivity index (χ4n) is 2.70. The largest absolute Gasteiger partial charge is 0.322 e. The normalized spacial score (nSPS) is 10.3. The Kier molecular flexibility index (Phi) is 5.83. The molecule has 0 fully saturated rings. The van der Waals surface area contributed by atoms with Crippen LogP contribution in [-0.4, -0.2) is 22.6 Å². The van der Waals surface area contributed by atoms with Gasteiger partial charge < -0.3 is 10.6 Å². The number of pyridine rings is 1. The van der Waals surface area contributed by atoms with E-state index in [9.17, 15) is 14.4 Å². The summed E-state index contributed by atoms with van der Waals surface area (Å²) in [5.41, 5.74) is 4.54. The summed E-state index contributed by atoms with van der Waals surface area (Å²) in [6.45, 7) is 5.45. The van der Waals surface area contributed by atoms with Crippen molar-refractivity contribution in [2.24, 2.45) is 0 Å². The number of hydrogen-bond donors (Lipinski definition) is 2. The van der Waals surface area contributed by atoms with Gasteiger partial charge in [0.05, 0.1) is 11.1 Å². The first-order valence-corrected chi connectivity index (χ1v) is 9.09. The molecular weight excluding hydrogens is 366 g/mol. The number of aromatic nitrogens is 1. The minimum absolute atomic E-state index is 0.0467. The standard InChI is InChI=1S/C23H21N3O3/c1-14-4-7-21(10-15(14)2)26-23(29)19-11-18(12-24-13-19)22(28)25-20-8-5-17(6-9-20)16(3)27/h4-13H,1-3H3,(H,25,28)(H,26,29). The molecule has 0 aliphatic heterocycles. The Balaban J connectivity index is 1.72. The van der Waals surface area contributed by atoms with Crippen LogP contribution in [0.4, 0.5) is 11.4 Å². The Labute approximate surface area is 169 Å². The number of nitrogens with zero attached hydrogens (tertiary/aromatic N) is 1. The zero-order valence-corrected chi connectivity index (χ0v) is 16.4. The van der Waals surface area contributed by atoms with Crippen LogP contribution < -0.4 is 10.6 Å². The lowest BCUT2D eigenvalue weighted by Crippen LogP contribution is -2.16. The number of hydrogen-bond acceptors (Lipinski definition) is 4. The highest BCUT2D eigenvalue weighted by Gasteiger charge is 2.12. The molecule has 3 aromatic rings. The first-order chi connectivity index (χ1) is 13.8. The van der Waals surface area contributed by atoms with Gasteiger partial charge in [-0.15, -0.1) is 0 Å². The van der Waals surface area contributed by atoms with Crippen LogP contribution in [-0.2, 0) is 0 Å². The topological polar surface area (TPSA) is 88.2 Å². The van der Waals surface area contributed by atoms with Crippen molar-refractivity contribution in [3.05, 3.63) is 88.7 Å². The number of benzene rings is 2. The average molecular weight is 387 g/mol. The molecule has 6 nitrogen and oxygen atoms in total. The predicted octanol–water partition coefficient (Wildman–Crippen LogP) is 4.41. The molecule has 1 heterocycles. The molecule has 0 aliphatic carbocycles. The molecule has 2 aromatic carbocycles. The molecule has 1 aromatic heterocycles. The van der Waals surface area contributed by atoms with E-state index in [0.29, 0.717) is 16.9 Å². The smallest absolute Gasteiger partial charge is 0.257 e. The fraction of sp³-hybridized carbons (Fsp3) is 0.130. The second-order valence-corrected chi connectivity index (χ2v) is 6.80. The summed E-state index contributed by atoms with van der Waals surface area (Å²) in [4.78, 5) is 40.4. The van der Waals surface area contributed by atoms with Crippen LogP contribution >= 0.6 is 0 Å². The van der Waals surface area contributed by atoms with Gasteiger partial charge in [-0.2, -0.15) is 0 Å². The number of anilines is 2. The van der Waals surface area contributed by atoms with Crippen LogP contribution in [0.3, 0.4) is 0 Å². The molecule has 0 unspecified atom stereocenters. The lowest BCUT2D eigenvalue weighted by molar-refractivity contribution is 0.101. The molecule has 2 amide bonds. The lowest BCUT2D eigenvalue weighted by Gasteiger charge is -2.09. The molecule has 3 rings (SSSR count). The van der Waals surface area contributed by atoms with Crippen LogP contribution in [0.5, 0.6) is 0 Å². The monoisotopic (exact) mass is 387 g/mol. The van der Waals surface area contributed by atoms with E-state index in [-0.39, 0.29) is 22.8 Å². The van der Waals surface area contributed by atoms with Crippen molar-refractivity contribution >= 4 is 29.0 Å². The van der Waals surface area contributed by atoms with E-state index in [0.717, 1.165) is 11.1 Å². The number of nitrogens with one attached hydrogen (secondary N) is 2. The summed E-state index contributed by atoms with van der Waals surface area (Å²) >= 11 is 0. The highest BCUT2D eigenvalue weighted by Crippen LogP contribution is 2.16. The Morgan fingerprint density at radius 3 is 1.79 bits per heavy atom. The molecule has 6 heteroatoms. The number of rotatable bonds is 5. The second-order valence-electron chi connectivity index (χ2n) is 6.80. The molecule has 0 bridgehead atoms. The molecule has 0 radical (unpaired) electrons. The van der Waals surface area contributed by atoms with Crippen LogP contribution in [0.1, 0.15) is 49.1 Å². The number of Topliss-reactive ketones (excluding diaryl/α,β-unsaturated/α-hetero) is 1. The molecule has 0 saturated carbocycles. The Bertz CT molecular complexity index is 1090. The van der Waals surface area contributed by atoms with E-state index >= 15 is 0 Å². The van der Waals surface area contributed by atoms with Gasteiger partial charge in [0, 0.05) is 29.3 Å². The molecule has 0 aliphatic rings. The van der Waals surface area contributed by atoms with Gasteiger partial charge in [0.15, 0.2) is 5.78 Å². The van der Waals surface area contributed by atoms with E-state index < -0.39 is 5.91 Å². The van der Waals surface area contributed by atoms with Gasteiger partial charge in [0.25, 0.3) is 11.8 Å². The van der Waals surface area contributed by atoms with Gasteiger partial charge in [0.2, 0.25) is 0 Å². The summed E-state index contributed by atoms with van der Waals surface area (Å²) in [6, 6.07) is 13.7. The van der Waals surface area contributed by atoms with Crippen LogP contribution in [0.25, 0.3) is 0 Å².